The molecule has 2 aromatic heterocycles. The van der Waals surface area contributed by atoms with Gasteiger partial charge in [0.2, 0.25) is 10.0 Å². The molecule has 1 aliphatic rings. The molecule has 0 spiro atoms. The van der Waals surface area contributed by atoms with E-state index in [1.165, 1.54) is 16.9 Å². The zero-order valence-corrected chi connectivity index (χ0v) is 18.3. The summed E-state index contributed by atoms with van der Waals surface area (Å²) in [6.45, 7) is 6.71. The second kappa shape index (κ2) is 8.39. The van der Waals surface area contributed by atoms with Gasteiger partial charge in [-0.05, 0) is 61.9 Å². The number of hydrogen-bond donors (Lipinski definition) is 1. The Hall–Kier alpha value is -2.00. The molecule has 1 aromatic carbocycles. The number of sulfonamides is 1. The molecule has 0 saturated carbocycles. The molecule has 3 heterocycles. The molecule has 8 heteroatoms. The highest BCUT2D eigenvalue weighted by atomic mass is 32.2. The molecule has 154 valence electrons. The largest absolute Gasteiger partial charge is 0.299 e. The van der Waals surface area contributed by atoms with Crippen molar-refractivity contribution in [2.45, 2.75) is 43.5 Å². The molecule has 1 N–H and O–H groups in total. The van der Waals surface area contributed by atoms with Gasteiger partial charge in [0, 0.05) is 31.4 Å². The Labute approximate surface area is 176 Å². The van der Waals surface area contributed by atoms with E-state index in [1.807, 2.05) is 11.6 Å². The first-order valence-electron chi connectivity index (χ1n) is 9.81. The monoisotopic (exact) mass is 430 g/mol. The van der Waals surface area contributed by atoms with Gasteiger partial charge in [-0.3, -0.25) is 4.90 Å². The van der Waals surface area contributed by atoms with Gasteiger partial charge in [0.25, 0.3) is 0 Å². The van der Waals surface area contributed by atoms with Gasteiger partial charge in [0.05, 0.1) is 11.4 Å². The molecular weight excluding hydrogens is 404 g/mol. The minimum Gasteiger partial charge on any atom is -0.299 e. The number of aromatic nitrogens is 2. The highest BCUT2D eigenvalue weighted by Crippen LogP contribution is 2.20. The average Bonchev–Trinajstić information content (AvgIpc) is 3.34. The zero-order valence-electron chi connectivity index (χ0n) is 16.7. The summed E-state index contributed by atoms with van der Waals surface area (Å²) in [6, 6.07) is 14.0. The Morgan fingerprint density at radius 1 is 1.14 bits per heavy atom. The summed E-state index contributed by atoms with van der Waals surface area (Å²) in [5.41, 5.74) is 4.47. The van der Waals surface area contributed by atoms with Gasteiger partial charge in [-0.1, -0.05) is 18.2 Å². The number of nitrogens with one attached hydrogen (secondary N) is 1. The highest BCUT2D eigenvalue weighted by molar-refractivity contribution is 7.91. The lowest BCUT2D eigenvalue weighted by Crippen LogP contribution is -2.44. The van der Waals surface area contributed by atoms with Crippen LogP contribution in [0.1, 0.15) is 29.8 Å². The first-order chi connectivity index (χ1) is 13.9. The fraction of sp³-hybridized carbons (Fsp3) is 0.381. The maximum Gasteiger partial charge on any atom is 0.250 e. The molecule has 0 amide bonds. The van der Waals surface area contributed by atoms with Gasteiger partial charge in [-0.2, -0.15) is 5.10 Å². The second-order valence-electron chi connectivity index (χ2n) is 7.61. The number of piperidine rings is 1. The van der Waals surface area contributed by atoms with Crippen LogP contribution in [-0.2, 0) is 16.6 Å². The smallest absolute Gasteiger partial charge is 0.250 e. The Bertz CT molecular complexity index is 1050. The number of aryl methyl sites for hydroxylation is 2. The fourth-order valence-corrected chi connectivity index (χ4v) is 6.11. The minimum atomic E-state index is -3.38. The molecule has 3 aromatic rings. The maximum absolute atomic E-state index is 12.4. The standard InChI is InChI=1S/C21H26N4O2S2/c1-16-14-17(2)25(22-16)20-7-5-18(6-8-20)15-24-11-9-19(10-12-24)23-29(26,27)21-4-3-13-28-21/h3-8,13-14,19,23H,9-12,15H2,1-2H3. The minimum absolute atomic E-state index is 0.00626. The highest BCUT2D eigenvalue weighted by Gasteiger charge is 2.25. The van der Waals surface area contributed by atoms with E-state index < -0.39 is 10.0 Å². The molecule has 29 heavy (non-hydrogen) atoms. The molecule has 0 bridgehead atoms. The van der Waals surface area contributed by atoms with Crippen LogP contribution < -0.4 is 4.72 Å². The zero-order chi connectivity index (χ0) is 20.4. The fourth-order valence-electron chi connectivity index (χ4n) is 3.79. The van der Waals surface area contributed by atoms with Crippen LogP contribution in [0.3, 0.4) is 0 Å². The summed E-state index contributed by atoms with van der Waals surface area (Å²) in [6.07, 6.45) is 1.66. The van der Waals surface area contributed by atoms with E-state index >= 15 is 0 Å². The molecular formula is C21H26N4O2S2. The van der Waals surface area contributed by atoms with Crippen LogP contribution in [0.5, 0.6) is 0 Å². The summed E-state index contributed by atoms with van der Waals surface area (Å²) >= 11 is 1.26. The summed E-state index contributed by atoms with van der Waals surface area (Å²) in [4.78, 5) is 2.38. The van der Waals surface area contributed by atoms with E-state index in [0.717, 1.165) is 49.6 Å². The molecule has 0 radical (unpaired) electrons. The summed E-state index contributed by atoms with van der Waals surface area (Å²) < 4.78 is 30.0. The Morgan fingerprint density at radius 3 is 2.45 bits per heavy atom. The molecule has 4 rings (SSSR count). The summed E-state index contributed by atoms with van der Waals surface area (Å²) in [5.74, 6) is 0. The second-order valence-corrected chi connectivity index (χ2v) is 10.5. The van der Waals surface area contributed by atoms with E-state index in [2.05, 4.69) is 52.0 Å². The third-order valence-corrected chi connectivity index (χ3v) is 8.18. The molecule has 1 saturated heterocycles. The number of nitrogens with zero attached hydrogens (tertiary/aromatic N) is 3. The predicted molar refractivity (Wildman–Crippen MR) is 116 cm³/mol. The van der Waals surface area contributed by atoms with Crippen molar-refractivity contribution in [1.29, 1.82) is 0 Å². The van der Waals surface area contributed by atoms with Crippen molar-refractivity contribution in [3.05, 3.63) is 64.8 Å². The Morgan fingerprint density at radius 2 is 1.86 bits per heavy atom. The van der Waals surface area contributed by atoms with Crippen LogP contribution >= 0.6 is 11.3 Å². The molecule has 0 unspecified atom stereocenters. The predicted octanol–water partition coefficient (Wildman–Crippen LogP) is 3.49. The van der Waals surface area contributed by atoms with Crippen LogP contribution in [0.15, 0.2) is 52.1 Å². The van der Waals surface area contributed by atoms with Crippen LogP contribution in [0.25, 0.3) is 5.69 Å². The van der Waals surface area contributed by atoms with Gasteiger partial charge >= 0.3 is 0 Å². The van der Waals surface area contributed by atoms with E-state index in [4.69, 9.17) is 0 Å². The molecule has 0 atom stereocenters. The van der Waals surface area contributed by atoms with Crippen molar-refractivity contribution in [1.82, 2.24) is 19.4 Å². The van der Waals surface area contributed by atoms with Crippen LogP contribution in [0.4, 0.5) is 0 Å². The molecule has 1 fully saturated rings. The van der Waals surface area contributed by atoms with E-state index in [9.17, 15) is 8.42 Å². The molecule has 1 aliphatic heterocycles. The third kappa shape index (κ3) is 4.78. The number of benzene rings is 1. The van der Waals surface area contributed by atoms with Gasteiger partial charge in [-0.25, -0.2) is 17.8 Å². The number of thiophene rings is 1. The Balaban J connectivity index is 1.31. The first kappa shape index (κ1) is 20.3. The average molecular weight is 431 g/mol. The number of hydrogen-bond acceptors (Lipinski definition) is 5. The summed E-state index contributed by atoms with van der Waals surface area (Å²) in [7, 11) is -3.38. The van der Waals surface area contributed by atoms with Crippen molar-refractivity contribution in [2.24, 2.45) is 0 Å². The van der Waals surface area contributed by atoms with Crippen LogP contribution in [0.2, 0.25) is 0 Å². The molecule has 6 nitrogen and oxygen atoms in total. The van der Waals surface area contributed by atoms with E-state index in [0.29, 0.717) is 4.21 Å². The summed E-state index contributed by atoms with van der Waals surface area (Å²) in [5, 5.41) is 6.32. The number of rotatable bonds is 6. The van der Waals surface area contributed by atoms with Crippen molar-refractivity contribution < 1.29 is 8.42 Å². The number of likely N-dealkylation sites (tertiary alicyclic amines) is 1. The van der Waals surface area contributed by atoms with Crippen LogP contribution in [-0.4, -0.2) is 42.2 Å². The van der Waals surface area contributed by atoms with Crippen LogP contribution in [0, 0.1) is 13.8 Å². The van der Waals surface area contributed by atoms with Gasteiger partial charge in [0.1, 0.15) is 4.21 Å². The van der Waals surface area contributed by atoms with Crippen molar-refractivity contribution in [2.75, 3.05) is 13.1 Å². The third-order valence-electron chi connectivity index (χ3n) is 5.27. The molecule has 0 aliphatic carbocycles. The van der Waals surface area contributed by atoms with Gasteiger partial charge < -0.3 is 0 Å². The Kier molecular flexibility index (Phi) is 5.87. The van der Waals surface area contributed by atoms with E-state index in [1.54, 1.807) is 17.5 Å². The SMILES string of the molecule is Cc1cc(C)n(-c2ccc(CN3CCC(NS(=O)(=O)c4cccs4)CC3)cc2)n1. The lowest BCUT2D eigenvalue weighted by atomic mass is 10.1. The van der Waals surface area contributed by atoms with Gasteiger partial charge in [-0.15, -0.1) is 11.3 Å². The van der Waals surface area contributed by atoms with Gasteiger partial charge in [0.15, 0.2) is 0 Å². The van der Waals surface area contributed by atoms with Crippen molar-refractivity contribution >= 4 is 21.4 Å². The topological polar surface area (TPSA) is 67.2 Å². The normalized spacial score (nSPS) is 16.3. The van der Waals surface area contributed by atoms with Crippen molar-refractivity contribution in [3.63, 3.8) is 0 Å². The van der Waals surface area contributed by atoms with Crippen molar-refractivity contribution in [3.8, 4) is 5.69 Å². The first-order valence-corrected chi connectivity index (χ1v) is 12.2. The van der Waals surface area contributed by atoms with E-state index in [-0.39, 0.29) is 6.04 Å². The quantitative estimate of drug-likeness (QED) is 0.650. The maximum atomic E-state index is 12.4. The lowest BCUT2D eigenvalue weighted by Gasteiger charge is -2.32. The lowest BCUT2D eigenvalue weighted by molar-refractivity contribution is 0.200.